The first kappa shape index (κ1) is 35.7. The van der Waals surface area contributed by atoms with Crippen molar-refractivity contribution >= 4 is 24.3 Å². The first-order chi connectivity index (χ1) is 21.8. The lowest BCUT2D eigenvalue weighted by atomic mass is 9.97. The van der Waals surface area contributed by atoms with Crippen molar-refractivity contribution in [3.05, 3.63) is 93.6 Å². The minimum absolute atomic E-state index is 0.0161. The van der Waals surface area contributed by atoms with Crippen molar-refractivity contribution in [1.82, 2.24) is 5.32 Å². The summed E-state index contributed by atoms with van der Waals surface area (Å²) in [5.41, 5.74) is 8.18. The van der Waals surface area contributed by atoms with Gasteiger partial charge in [-0.05, 0) is 121 Å². The molecule has 1 aliphatic carbocycles. The molecule has 1 unspecified atom stereocenters. The van der Waals surface area contributed by atoms with E-state index < -0.39 is 0 Å². The predicted molar refractivity (Wildman–Crippen MR) is 181 cm³/mol. The zero-order valence-corrected chi connectivity index (χ0v) is 27.1. The molecule has 7 heteroatoms. The number of benzene rings is 3. The van der Waals surface area contributed by atoms with Gasteiger partial charge in [0.15, 0.2) is 5.78 Å². The fourth-order valence-corrected chi connectivity index (χ4v) is 4.95. The summed E-state index contributed by atoms with van der Waals surface area (Å²) in [6.45, 7) is 12.9. The van der Waals surface area contributed by atoms with E-state index in [2.05, 4.69) is 38.7 Å². The Kier molecular flexibility index (Phi) is 15.0. The summed E-state index contributed by atoms with van der Waals surface area (Å²) in [5, 5.41) is 5.06. The van der Waals surface area contributed by atoms with E-state index in [-0.39, 0.29) is 17.5 Å². The number of amides is 1. The minimum Gasteiger partial charge on any atom is -0.457 e. The zero-order valence-electron chi connectivity index (χ0n) is 27.1. The standard InChI is InChI=1S/C19H22FNO2.C19H27NO2/c1-2-14(13-21)3-12-19(22)15-4-8-17(9-5-15)23-18-10-6-16(20)7-11-18;1-4-6-17-14(3)7-10-18(16(17)5-2)19(21)20-11-12-22-13-15-8-9-15/h4-11,14H,2-3,12-13,21H2,1H3;6-7,10,15H,3-5,8-9,11-13H2,1-2H3,(H,20,21)/b;17-6+. The summed E-state index contributed by atoms with van der Waals surface area (Å²) in [6.07, 6.45) is 8.82. The Morgan fingerprint density at radius 2 is 1.69 bits per heavy atom. The quantitative estimate of drug-likeness (QED) is 0.140. The van der Waals surface area contributed by atoms with Crippen molar-refractivity contribution in [2.24, 2.45) is 17.6 Å². The van der Waals surface area contributed by atoms with E-state index in [9.17, 15) is 14.0 Å². The minimum atomic E-state index is -0.304. The molecular weight excluding hydrogens is 567 g/mol. The number of carbonyl (C=O) groups excluding carboxylic acids is 2. The van der Waals surface area contributed by atoms with E-state index in [1.54, 1.807) is 36.4 Å². The van der Waals surface area contributed by atoms with Gasteiger partial charge in [0.2, 0.25) is 0 Å². The van der Waals surface area contributed by atoms with E-state index in [1.165, 1.54) is 25.0 Å². The molecule has 45 heavy (non-hydrogen) atoms. The van der Waals surface area contributed by atoms with Crippen LogP contribution in [-0.4, -0.2) is 38.0 Å². The summed E-state index contributed by atoms with van der Waals surface area (Å²) in [6, 6.07) is 16.6. The highest BCUT2D eigenvalue weighted by Gasteiger charge is 2.21. The first-order valence-electron chi connectivity index (χ1n) is 16.2. The number of hydrogen-bond acceptors (Lipinski definition) is 5. The normalized spacial score (nSPS) is 13.5. The molecule has 4 rings (SSSR count). The van der Waals surface area contributed by atoms with Crippen molar-refractivity contribution < 1.29 is 23.5 Å². The number of nitrogens with one attached hydrogen (secondary N) is 1. The molecule has 0 aliphatic heterocycles. The molecule has 0 heterocycles. The Morgan fingerprint density at radius 3 is 2.27 bits per heavy atom. The average Bonchev–Trinajstić information content (AvgIpc) is 3.88. The van der Waals surface area contributed by atoms with Gasteiger partial charge in [0, 0.05) is 30.7 Å². The molecule has 1 fully saturated rings. The molecule has 3 N–H and O–H groups in total. The van der Waals surface area contributed by atoms with Crippen LogP contribution in [0.3, 0.4) is 0 Å². The maximum atomic E-state index is 12.8. The third-order valence-corrected chi connectivity index (χ3v) is 7.95. The van der Waals surface area contributed by atoms with Crippen LogP contribution in [-0.2, 0) is 11.2 Å². The number of ether oxygens (including phenoxy) is 2. The maximum Gasteiger partial charge on any atom is 0.251 e. The van der Waals surface area contributed by atoms with Crippen LogP contribution in [0.2, 0.25) is 0 Å². The summed E-state index contributed by atoms with van der Waals surface area (Å²) in [7, 11) is 0. The van der Waals surface area contributed by atoms with Crippen LogP contribution in [0, 0.1) is 17.7 Å². The maximum absolute atomic E-state index is 12.8. The third-order valence-electron chi connectivity index (χ3n) is 7.95. The van der Waals surface area contributed by atoms with Gasteiger partial charge < -0.3 is 20.5 Å². The largest absolute Gasteiger partial charge is 0.457 e. The van der Waals surface area contributed by atoms with Crippen LogP contribution < -0.4 is 26.2 Å². The highest BCUT2D eigenvalue weighted by molar-refractivity contribution is 5.96. The first-order valence-corrected chi connectivity index (χ1v) is 16.2. The van der Waals surface area contributed by atoms with Crippen molar-refractivity contribution in [1.29, 1.82) is 0 Å². The molecule has 1 saturated carbocycles. The summed E-state index contributed by atoms with van der Waals surface area (Å²) >= 11 is 0. The molecular formula is C38H49FN2O4. The van der Waals surface area contributed by atoms with E-state index in [0.29, 0.717) is 49.1 Å². The molecule has 242 valence electrons. The van der Waals surface area contributed by atoms with Crippen LogP contribution in [0.1, 0.15) is 85.6 Å². The molecule has 1 amide bonds. The van der Waals surface area contributed by atoms with Gasteiger partial charge in [-0.2, -0.15) is 0 Å². The molecule has 1 aliphatic rings. The van der Waals surface area contributed by atoms with Crippen LogP contribution in [0.4, 0.5) is 4.39 Å². The fourth-order valence-electron chi connectivity index (χ4n) is 4.95. The summed E-state index contributed by atoms with van der Waals surface area (Å²) in [4.78, 5) is 24.6. The average molecular weight is 617 g/mol. The second kappa shape index (κ2) is 18.9. The topological polar surface area (TPSA) is 90.6 Å². The van der Waals surface area contributed by atoms with E-state index in [1.807, 2.05) is 12.1 Å². The van der Waals surface area contributed by atoms with Crippen molar-refractivity contribution in [2.75, 3.05) is 26.3 Å². The second-order valence-corrected chi connectivity index (χ2v) is 11.5. The van der Waals surface area contributed by atoms with Crippen LogP contribution >= 0.6 is 0 Å². The lowest BCUT2D eigenvalue weighted by Gasteiger charge is -2.11. The summed E-state index contributed by atoms with van der Waals surface area (Å²) < 4.78 is 24.0. The highest BCUT2D eigenvalue weighted by atomic mass is 19.1. The number of halogens is 1. The molecule has 0 aromatic heterocycles. The number of carbonyl (C=O) groups is 2. The van der Waals surface area contributed by atoms with Crippen molar-refractivity contribution in [2.45, 2.75) is 65.7 Å². The molecule has 3 aromatic rings. The Bertz CT molecular complexity index is 1460. The fraction of sp³-hybridized carbons (Fsp3) is 0.421. The van der Waals surface area contributed by atoms with Crippen molar-refractivity contribution in [3.8, 4) is 11.5 Å². The second-order valence-electron chi connectivity index (χ2n) is 11.5. The van der Waals surface area contributed by atoms with Crippen LogP contribution in [0.15, 0.2) is 60.7 Å². The lowest BCUT2D eigenvalue weighted by molar-refractivity contribution is 0.0905. The molecule has 1 atom stereocenters. The van der Waals surface area contributed by atoms with Gasteiger partial charge in [-0.25, -0.2) is 4.39 Å². The Labute approximate surface area is 267 Å². The Morgan fingerprint density at radius 1 is 1.02 bits per heavy atom. The summed E-state index contributed by atoms with van der Waals surface area (Å²) in [5.74, 6) is 2.13. The monoisotopic (exact) mass is 616 g/mol. The van der Waals surface area contributed by atoms with Crippen LogP contribution in [0.5, 0.6) is 11.5 Å². The zero-order chi connectivity index (χ0) is 32.6. The molecule has 6 nitrogen and oxygen atoms in total. The number of nitrogens with two attached hydrogens (primary N) is 1. The van der Waals surface area contributed by atoms with Crippen LogP contribution in [0.25, 0.3) is 12.7 Å². The lowest BCUT2D eigenvalue weighted by Crippen LogP contribution is -2.34. The SMILES string of the molecule is C=c1ccc(C(=O)NCCOCC2CC2)c(CC)/c1=C/CC.CCC(CN)CCC(=O)c1ccc(Oc2ccc(F)cc2)cc1. The van der Waals surface area contributed by atoms with Gasteiger partial charge in [0.25, 0.3) is 5.91 Å². The molecule has 0 saturated heterocycles. The Hall–Kier alpha value is -3.81. The van der Waals surface area contributed by atoms with Gasteiger partial charge >= 0.3 is 0 Å². The molecule has 0 radical (unpaired) electrons. The number of ketones is 1. The van der Waals surface area contributed by atoms with Gasteiger partial charge in [-0.15, -0.1) is 0 Å². The predicted octanol–water partition coefficient (Wildman–Crippen LogP) is 6.57. The van der Waals surface area contributed by atoms with E-state index >= 15 is 0 Å². The molecule has 0 spiro atoms. The van der Waals surface area contributed by atoms with Gasteiger partial charge in [-0.1, -0.05) is 45.9 Å². The Balaban J connectivity index is 0.000000246. The van der Waals surface area contributed by atoms with E-state index in [4.69, 9.17) is 15.2 Å². The number of rotatable bonds is 16. The van der Waals surface area contributed by atoms with Gasteiger partial charge in [0.05, 0.1) is 6.61 Å². The van der Waals surface area contributed by atoms with Gasteiger partial charge in [0.1, 0.15) is 17.3 Å². The van der Waals surface area contributed by atoms with Gasteiger partial charge in [-0.3, -0.25) is 9.59 Å². The third kappa shape index (κ3) is 11.9. The number of Topliss-reactive ketones (excluding diaryl/α,β-unsaturated/α-hetero) is 1. The van der Waals surface area contributed by atoms with E-state index in [0.717, 1.165) is 59.8 Å². The molecule has 0 bridgehead atoms. The van der Waals surface area contributed by atoms with Crippen molar-refractivity contribution in [3.63, 3.8) is 0 Å². The highest BCUT2D eigenvalue weighted by Crippen LogP contribution is 2.28. The smallest absolute Gasteiger partial charge is 0.251 e. The number of hydrogen-bond donors (Lipinski definition) is 2. The molecule has 3 aromatic carbocycles.